The first-order chi connectivity index (χ1) is 17.8. The van der Waals surface area contributed by atoms with Crippen molar-refractivity contribution < 1.29 is 33.4 Å². The second-order valence-corrected chi connectivity index (χ2v) is 9.34. The number of benzene rings is 2. The van der Waals surface area contributed by atoms with E-state index in [0.717, 1.165) is 10.2 Å². The molecule has 1 aromatic heterocycles. The smallest absolute Gasteiger partial charge is 0.432 e. The first-order valence-electron chi connectivity index (χ1n) is 12.0. The summed E-state index contributed by atoms with van der Waals surface area (Å²) in [5.74, 6) is -0.258. The summed E-state index contributed by atoms with van der Waals surface area (Å²) < 4.78 is 26.5. The highest BCUT2D eigenvalue weighted by atomic mass is 19.1. The second kappa shape index (κ2) is 9.81. The van der Waals surface area contributed by atoms with Crippen molar-refractivity contribution in [2.45, 2.75) is 36.9 Å². The van der Waals surface area contributed by atoms with Crippen molar-refractivity contribution in [2.75, 3.05) is 32.2 Å². The second-order valence-electron chi connectivity index (χ2n) is 9.34. The topological polar surface area (TPSA) is 123 Å². The average Bonchev–Trinajstić information content (AvgIpc) is 3.53. The van der Waals surface area contributed by atoms with E-state index in [1.807, 2.05) is 12.1 Å². The Morgan fingerprint density at radius 3 is 2.68 bits per heavy atom. The van der Waals surface area contributed by atoms with Gasteiger partial charge >= 0.3 is 6.09 Å². The first-order valence-corrected chi connectivity index (χ1v) is 12.0. The minimum Gasteiger partial charge on any atom is -0.497 e. The maximum atomic E-state index is 14.7. The molecule has 2 amide bonds. The van der Waals surface area contributed by atoms with E-state index in [0.29, 0.717) is 41.8 Å². The van der Waals surface area contributed by atoms with Crippen LogP contribution in [-0.4, -0.2) is 76.8 Å². The molecule has 11 heteroatoms. The Kier molecular flexibility index (Phi) is 6.55. The Morgan fingerprint density at radius 1 is 1.22 bits per heavy atom. The number of fused-ring (bicyclic) bond motifs is 1. The number of hydrogen-bond acceptors (Lipinski definition) is 6. The Labute approximate surface area is 211 Å². The molecule has 3 atom stereocenters. The highest BCUT2D eigenvalue weighted by molar-refractivity contribution is 6.05. The normalized spacial score (nSPS) is 23.7. The minimum atomic E-state index is -1.36. The third-order valence-corrected chi connectivity index (χ3v) is 7.16. The molecular weight excluding hydrogens is 483 g/mol. The molecule has 37 heavy (non-hydrogen) atoms. The van der Waals surface area contributed by atoms with Crippen LogP contribution in [0.3, 0.4) is 0 Å². The van der Waals surface area contributed by atoms with Crippen molar-refractivity contribution in [3.8, 4) is 5.75 Å². The number of hydrogen-bond donors (Lipinski definition) is 2. The van der Waals surface area contributed by atoms with E-state index in [4.69, 9.17) is 9.47 Å². The Bertz CT molecular complexity index is 1330. The largest absolute Gasteiger partial charge is 0.497 e. The molecule has 10 nitrogen and oxygen atoms in total. The Balaban J connectivity index is 1.44. The summed E-state index contributed by atoms with van der Waals surface area (Å²) >= 11 is 0. The van der Waals surface area contributed by atoms with Gasteiger partial charge in [-0.25, -0.2) is 9.18 Å². The predicted octanol–water partition coefficient (Wildman–Crippen LogP) is 3.20. The molecule has 3 aromatic rings. The number of nitrogens with zero attached hydrogens (tertiary/aromatic N) is 3. The molecule has 3 heterocycles. The zero-order chi connectivity index (χ0) is 26.2. The summed E-state index contributed by atoms with van der Waals surface area (Å²) in [4.78, 5) is 40.2. The highest BCUT2D eigenvalue weighted by Crippen LogP contribution is 2.38. The van der Waals surface area contributed by atoms with Crippen LogP contribution in [0.4, 0.5) is 14.9 Å². The van der Waals surface area contributed by atoms with Crippen molar-refractivity contribution >= 4 is 34.5 Å². The molecule has 2 aliphatic rings. The lowest BCUT2D eigenvalue weighted by Gasteiger charge is -2.40. The predicted molar refractivity (Wildman–Crippen MR) is 132 cm³/mol. The molecule has 2 aromatic carbocycles. The number of ether oxygens (including phenoxy) is 2. The number of rotatable bonds is 5. The Morgan fingerprint density at radius 2 is 2.00 bits per heavy atom. The zero-order valence-electron chi connectivity index (χ0n) is 20.2. The maximum absolute atomic E-state index is 14.7. The van der Waals surface area contributed by atoms with Crippen LogP contribution in [0.25, 0.3) is 10.9 Å². The van der Waals surface area contributed by atoms with Gasteiger partial charge < -0.3 is 24.8 Å². The number of alkyl halides is 1. The van der Waals surface area contributed by atoms with Crippen molar-refractivity contribution in [3.05, 3.63) is 54.2 Å². The SMILES string of the molecule is COc1ccc(C2(C(=O)N3C[C@H](F)C[C@@H]3C(=O)Nc3cccc4c3cnn4C(=O)O)CCCOC2)cc1. The van der Waals surface area contributed by atoms with E-state index < -0.39 is 29.6 Å². The maximum Gasteiger partial charge on any atom is 0.432 e. The molecule has 0 aliphatic carbocycles. The van der Waals surface area contributed by atoms with Crippen molar-refractivity contribution in [1.82, 2.24) is 14.7 Å². The molecule has 2 aliphatic heterocycles. The van der Waals surface area contributed by atoms with E-state index in [9.17, 15) is 23.9 Å². The van der Waals surface area contributed by atoms with Gasteiger partial charge in [0, 0.05) is 18.4 Å². The van der Waals surface area contributed by atoms with Crippen LogP contribution in [0.5, 0.6) is 5.75 Å². The van der Waals surface area contributed by atoms with Gasteiger partial charge in [-0.15, -0.1) is 0 Å². The fraction of sp³-hybridized carbons (Fsp3) is 0.385. The molecule has 194 valence electrons. The molecular formula is C26H27FN4O6. The minimum absolute atomic E-state index is 0.133. The van der Waals surface area contributed by atoms with Gasteiger partial charge in [-0.05, 0) is 42.7 Å². The number of likely N-dealkylation sites (tertiary alicyclic amines) is 1. The van der Waals surface area contributed by atoms with Crippen molar-refractivity contribution in [1.29, 1.82) is 0 Å². The van der Waals surface area contributed by atoms with Gasteiger partial charge in [0.25, 0.3) is 0 Å². The van der Waals surface area contributed by atoms with Crippen LogP contribution in [0.1, 0.15) is 24.8 Å². The number of amides is 2. The monoisotopic (exact) mass is 510 g/mol. The molecule has 2 N–H and O–H groups in total. The fourth-order valence-electron chi connectivity index (χ4n) is 5.29. The van der Waals surface area contributed by atoms with E-state index in [2.05, 4.69) is 10.4 Å². The van der Waals surface area contributed by atoms with Gasteiger partial charge in [0.2, 0.25) is 11.8 Å². The highest BCUT2D eigenvalue weighted by Gasteiger charge is 2.50. The number of carbonyl (C=O) groups is 3. The van der Waals surface area contributed by atoms with Crippen molar-refractivity contribution in [2.24, 2.45) is 0 Å². The van der Waals surface area contributed by atoms with E-state index >= 15 is 0 Å². The van der Waals surface area contributed by atoms with Gasteiger partial charge in [-0.3, -0.25) is 9.59 Å². The fourth-order valence-corrected chi connectivity index (χ4v) is 5.29. The van der Waals surface area contributed by atoms with Gasteiger partial charge in [0.05, 0.1) is 43.1 Å². The van der Waals surface area contributed by atoms with E-state index in [1.54, 1.807) is 37.4 Å². The number of anilines is 1. The molecule has 0 radical (unpaired) electrons. The molecule has 2 fully saturated rings. The van der Waals surface area contributed by atoms with Gasteiger partial charge in [0.1, 0.15) is 18.0 Å². The van der Waals surface area contributed by atoms with Crippen LogP contribution < -0.4 is 10.1 Å². The lowest BCUT2D eigenvalue weighted by atomic mass is 9.74. The summed E-state index contributed by atoms with van der Waals surface area (Å²) in [5.41, 5.74) is 0.308. The summed E-state index contributed by atoms with van der Waals surface area (Å²) in [6, 6.07) is 10.9. The van der Waals surface area contributed by atoms with Crippen LogP contribution in [-0.2, 0) is 19.7 Å². The number of halogens is 1. The number of carbonyl (C=O) groups excluding carboxylic acids is 2. The molecule has 0 spiro atoms. The standard InChI is InChI=1S/C26H27FN4O6/c1-36-18-8-6-16(7-9-18)26(10-3-11-37-15-26)24(33)30-14-17(27)12-22(30)23(32)29-20-4-2-5-21-19(20)13-28-31(21)25(34)35/h2,4-9,13,17,22H,3,10-12,14-15H2,1H3,(H,29,32)(H,34,35)/t17-,22-,26?/m1/s1. The summed E-state index contributed by atoms with van der Waals surface area (Å²) in [6.07, 6.45) is -0.258. The average molecular weight is 511 g/mol. The van der Waals surface area contributed by atoms with Gasteiger partial charge in [-0.2, -0.15) is 9.78 Å². The molecule has 0 saturated carbocycles. The summed E-state index contributed by atoms with van der Waals surface area (Å²) in [5, 5.41) is 16.4. The van der Waals surface area contributed by atoms with Crippen LogP contribution in [0.15, 0.2) is 48.7 Å². The summed E-state index contributed by atoms with van der Waals surface area (Å²) in [7, 11) is 1.56. The van der Waals surface area contributed by atoms with Crippen LogP contribution in [0, 0.1) is 0 Å². The lowest BCUT2D eigenvalue weighted by Crippen LogP contribution is -2.55. The molecule has 5 rings (SSSR count). The van der Waals surface area contributed by atoms with Crippen molar-refractivity contribution in [3.63, 3.8) is 0 Å². The number of methoxy groups -OCH3 is 1. The quantitative estimate of drug-likeness (QED) is 0.540. The van der Waals surface area contributed by atoms with E-state index in [-0.39, 0.29) is 25.5 Å². The summed E-state index contributed by atoms with van der Waals surface area (Å²) in [6.45, 7) is 0.457. The third-order valence-electron chi connectivity index (χ3n) is 7.16. The lowest BCUT2D eigenvalue weighted by molar-refractivity contribution is -0.146. The number of carboxylic acid groups (broad SMARTS) is 1. The molecule has 0 bridgehead atoms. The van der Waals surface area contributed by atoms with Gasteiger partial charge in [-0.1, -0.05) is 18.2 Å². The molecule has 2 saturated heterocycles. The van der Waals surface area contributed by atoms with Crippen LogP contribution in [0.2, 0.25) is 0 Å². The zero-order valence-corrected chi connectivity index (χ0v) is 20.2. The van der Waals surface area contributed by atoms with E-state index in [1.165, 1.54) is 11.1 Å². The Hall–Kier alpha value is -3.99. The van der Waals surface area contributed by atoms with Gasteiger partial charge in [0.15, 0.2) is 0 Å². The first kappa shape index (κ1) is 24.7. The van der Waals surface area contributed by atoms with Crippen LogP contribution >= 0.6 is 0 Å². The third kappa shape index (κ3) is 4.39. The number of nitrogens with one attached hydrogen (secondary N) is 1. The number of aromatic nitrogens is 2. The molecule has 1 unspecified atom stereocenters.